The third-order valence-corrected chi connectivity index (χ3v) is 22.1. The van der Waals surface area contributed by atoms with E-state index in [1.807, 2.05) is 42.5 Å². The molecule has 2 heterocycles. The zero-order valence-electron chi connectivity index (χ0n) is 80.3. The summed E-state index contributed by atoms with van der Waals surface area (Å²) in [5, 5.41) is 104. The standard InChI is InChI=1S/C92H142IN17O31S/c93-71-19-15-69(16-20-71)60-81(113)94-25-4-2-12-76(88(125)126)102-80(112)24-38-132-42-46-136-49-51-138-53-55-140-57-58-141-56-54-139-52-50-137-47-43-133-39-29-95-87(124)75(11-1-6-27-98-92(142)100-72-21-17-68(18-22-72)59-74-62-108(66-85(120)121)33-32-106(64-83(116)117)30-31-107(65-84(118)119)34-35-109(74)67-86(122)123)101-79(111)23-37-131-41-45-135-48-44-134-40-36-110-63-78(104-105-110)70-9-7-10-73(61-70)99-90(129)96-26-5-3-13-77(89(127)128)103-91(130)97-28-8-14-82(114)115/h7,9-10,15-22,61,63,74-77H,1-6,8,11-14,23-60,62,64-67H2,(H,94,113)(H,95,124)(H,101,111)(H,102,112)(H,114,115)(H,116,117)(H,118,119)(H,120,121)(H,122,123)(H,125,126)(H,127,128)(H2,96,99,129)(H2,97,103,130)(H2,98,100,142)/t74?,75-,76-,77-/m0/s1. The van der Waals surface area contributed by atoms with Gasteiger partial charge in [-0.1, -0.05) is 41.6 Å². The van der Waals surface area contributed by atoms with Gasteiger partial charge >= 0.3 is 53.8 Å². The number of benzene rings is 3. The molecule has 0 aliphatic carbocycles. The maximum atomic E-state index is 13.7. The number of carboxylic acid groups (broad SMARTS) is 7. The number of halogens is 1. The molecule has 50 heteroatoms. The van der Waals surface area contributed by atoms with Gasteiger partial charge in [-0.2, -0.15) is 0 Å². The third-order valence-electron chi connectivity index (χ3n) is 21.2. The Bertz CT molecular complexity index is 4350. The molecule has 1 fully saturated rings. The number of anilines is 2. The van der Waals surface area contributed by atoms with Crippen molar-refractivity contribution in [2.75, 3.05) is 261 Å². The number of aromatic nitrogens is 3. The normalized spacial score (nSPS) is 14.0. The first kappa shape index (κ1) is 122. The first-order chi connectivity index (χ1) is 68.5. The summed E-state index contributed by atoms with van der Waals surface area (Å²) >= 11 is 7.83. The number of aliphatic carboxylic acids is 7. The fraction of sp³-hybridized carbons (Fsp3) is 0.630. The van der Waals surface area contributed by atoms with Gasteiger partial charge < -0.3 is 141 Å². The Morgan fingerprint density at radius 2 is 0.831 bits per heavy atom. The van der Waals surface area contributed by atoms with Crippen molar-refractivity contribution in [1.29, 1.82) is 0 Å². The number of rotatable bonds is 79. The fourth-order valence-corrected chi connectivity index (χ4v) is 14.5. The van der Waals surface area contributed by atoms with E-state index in [2.05, 4.69) is 86.1 Å². The highest BCUT2D eigenvalue weighted by atomic mass is 127. The zero-order chi connectivity index (χ0) is 103. The predicted octanol–water partition coefficient (Wildman–Crippen LogP) is 1.75. The lowest BCUT2D eigenvalue weighted by molar-refractivity contribution is -0.142. The number of hydrogen-bond acceptors (Lipinski definition) is 31. The van der Waals surface area contributed by atoms with Crippen LogP contribution in [0.5, 0.6) is 0 Å². The molecule has 4 atom stereocenters. The van der Waals surface area contributed by atoms with E-state index in [-0.39, 0.29) is 215 Å². The summed E-state index contributed by atoms with van der Waals surface area (Å²) in [6.07, 6.45) is 5.77. The largest absolute Gasteiger partial charge is 0.481 e. The number of ether oxygens (including phenoxy) is 11. The van der Waals surface area contributed by atoms with E-state index in [0.29, 0.717) is 159 Å². The molecule has 8 amide bonds. The third kappa shape index (κ3) is 61.3. The molecule has 4 aromatic rings. The molecular formula is C92H142IN17O31S. The van der Waals surface area contributed by atoms with Gasteiger partial charge in [-0.25, -0.2) is 23.9 Å². The van der Waals surface area contributed by atoms with Crippen LogP contribution >= 0.6 is 34.8 Å². The summed E-state index contributed by atoms with van der Waals surface area (Å²) in [6, 6.07) is 17.0. The van der Waals surface area contributed by atoms with E-state index < -0.39 is 109 Å². The van der Waals surface area contributed by atoms with Crippen LogP contribution in [0, 0.1) is 3.57 Å². The quantitative estimate of drug-likeness (QED) is 0.0170. The molecule has 5 rings (SSSR count). The molecule has 0 saturated carbocycles. The highest BCUT2D eigenvalue weighted by Crippen LogP contribution is 2.22. The number of unbranched alkanes of at least 4 members (excludes halogenated alkanes) is 3. The molecule has 0 radical (unpaired) electrons. The van der Waals surface area contributed by atoms with Gasteiger partial charge in [0.1, 0.15) is 23.8 Å². The van der Waals surface area contributed by atoms with Crippen LogP contribution in [0.15, 0.2) is 79.0 Å². The molecule has 1 unspecified atom stereocenters. The molecule has 1 aliphatic heterocycles. The molecule has 794 valence electrons. The van der Waals surface area contributed by atoms with Gasteiger partial charge in [-0.3, -0.25) is 62.8 Å². The number of carbonyl (C=O) groups excluding carboxylic acids is 6. The molecule has 3 aromatic carbocycles. The molecule has 0 bridgehead atoms. The van der Waals surface area contributed by atoms with Crippen LogP contribution in [-0.2, 0) is 124 Å². The Hall–Kier alpha value is -10.7. The summed E-state index contributed by atoms with van der Waals surface area (Å²) in [7, 11) is 0. The summed E-state index contributed by atoms with van der Waals surface area (Å²) < 4.78 is 64.3. The molecule has 1 saturated heterocycles. The van der Waals surface area contributed by atoms with Gasteiger partial charge in [-0.15, -0.1) is 5.10 Å². The van der Waals surface area contributed by atoms with Crippen molar-refractivity contribution in [2.24, 2.45) is 0 Å². The highest BCUT2D eigenvalue weighted by Gasteiger charge is 2.30. The number of nitrogens with one attached hydrogen (secondary N) is 10. The number of amides is 8. The second-order valence-corrected chi connectivity index (χ2v) is 34.3. The number of hydrogen-bond donors (Lipinski definition) is 17. The van der Waals surface area contributed by atoms with Gasteiger partial charge in [0, 0.05) is 124 Å². The van der Waals surface area contributed by atoms with Crippen molar-refractivity contribution in [2.45, 2.75) is 127 Å². The van der Waals surface area contributed by atoms with Crippen molar-refractivity contribution < 1.29 is 150 Å². The minimum absolute atomic E-state index is 0.00863. The van der Waals surface area contributed by atoms with E-state index in [0.717, 1.165) is 14.7 Å². The smallest absolute Gasteiger partial charge is 0.326 e. The zero-order valence-corrected chi connectivity index (χ0v) is 83.3. The summed E-state index contributed by atoms with van der Waals surface area (Å²) in [5.41, 5.74) is 4.02. The second-order valence-electron chi connectivity index (χ2n) is 32.6. The molecule has 0 spiro atoms. The van der Waals surface area contributed by atoms with E-state index in [9.17, 15) is 93.0 Å². The van der Waals surface area contributed by atoms with E-state index in [1.165, 1.54) is 0 Å². The average molecular weight is 2140 g/mol. The van der Waals surface area contributed by atoms with Crippen LogP contribution in [0.4, 0.5) is 21.0 Å². The minimum atomic E-state index is -1.23. The van der Waals surface area contributed by atoms with Gasteiger partial charge in [0.2, 0.25) is 23.6 Å². The lowest BCUT2D eigenvalue weighted by Gasteiger charge is -2.37. The monoisotopic (exact) mass is 2140 g/mol. The predicted molar refractivity (Wildman–Crippen MR) is 527 cm³/mol. The van der Waals surface area contributed by atoms with Gasteiger partial charge in [0.05, 0.1) is 191 Å². The van der Waals surface area contributed by atoms with Crippen LogP contribution < -0.4 is 53.2 Å². The Kier molecular flexibility index (Phi) is 65.2. The first-order valence-corrected chi connectivity index (χ1v) is 49.0. The minimum Gasteiger partial charge on any atom is -0.481 e. The van der Waals surface area contributed by atoms with E-state index >= 15 is 0 Å². The first-order valence-electron chi connectivity index (χ1n) is 47.5. The molecule has 17 N–H and O–H groups in total. The number of nitrogens with zero attached hydrogens (tertiary/aromatic N) is 7. The van der Waals surface area contributed by atoms with Crippen LogP contribution in [0.2, 0.25) is 0 Å². The van der Waals surface area contributed by atoms with Crippen molar-refractivity contribution in [3.05, 3.63) is 93.7 Å². The van der Waals surface area contributed by atoms with E-state index in [1.54, 1.807) is 60.8 Å². The molecule has 48 nitrogen and oxygen atoms in total. The lowest BCUT2D eigenvalue weighted by atomic mass is 10.0. The SMILES string of the molecule is O=C(O)CCCNC(=O)N[C@@H](CCCCNC(=O)Nc1cccc(-c2cn(CCOCCOCCOCCC(=O)N[C@@H](CCCCNC(=S)Nc3ccc(CC4CN(CC(=O)O)CCN(CC(=O)O)CCN(CC(=O)O)CCN4CC(=O)O)cc3)C(=O)NCCOCCOCCOCCOCCOCCOCCOCCOCCC(=O)N[C@@H](CCCCNC(=O)Cc3ccc(I)cc3)C(=O)O)nn2)c1)C(=O)O. The van der Waals surface area contributed by atoms with Crippen LogP contribution in [-0.4, -0.2) is 427 Å². The van der Waals surface area contributed by atoms with Crippen LogP contribution in [0.3, 0.4) is 0 Å². The Balaban J connectivity index is 0.949. The molecule has 1 aromatic heterocycles. The number of thiocarbonyl (C=S) groups is 1. The van der Waals surface area contributed by atoms with Crippen LogP contribution in [0.1, 0.15) is 94.6 Å². The number of carboxylic acids is 7. The lowest BCUT2D eigenvalue weighted by Crippen LogP contribution is -2.53. The number of urea groups is 2. The van der Waals surface area contributed by atoms with Crippen molar-refractivity contribution in [1.82, 2.24) is 77.1 Å². The van der Waals surface area contributed by atoms with Crippen LogP contribution in [0.25, 0.3) is 11.3 Å². The Morgan fingerprint density at radius 3 is 1.35 bits per heavy atom. The maximum Gasteiger partial charge on any atom is 0.326 e. The molecule has 142 heavy (non-hydrogen) atoms. The van der Waals surface area contributed by atoms with Gasteiger partial charge in [-0.05, 0) is 153 Å². The second kappa shape index (κ2) is 76.0. The Morgan fingerprint density at radius 1 is 0.394 bits per heavy atom. The van der Waals surface area contributed by atoms with Crippen molar-refractivity contribution >= 4 is 129 Å². The maximum absolute atomic E-state index is 13.7. The molecular weight excluding hydrogens is 2000 g/mol. The van der Waals surface area contributed by atoms with Gasteiger partial charge in [0.15, 0.2) is 5.11 Å². The summed E-state index contributed by atoms with van der Waals surface area (Å²) in [4.78, 5) is 165. The highest BCUT2D eigenvalue weighted by molar-refractivity contribution is 14.1. The molecule has 1 aliphatic rings. The topological polar surface area (TPSA) is 629 Å². The number of carbonyl (C=O) groups is 13. The van der Waals surface area contributed by atoms with E-state index in [4.69, 9.17) is 69.4 Å². The average Bonchev–Trinajstić information content (AvgIpc) is 1.66. The fourth-order valence-electron chi connectivity index (χ4n) is 13.9. The Labute approximate surface area is 844 Å². The van der Waals surface area contributed by atoms with Crippen molar-refractivity contribution in [3.8, 4) is 11.3 Å². The summed E-state index contributed by atoms with van der Waals surface area (Å²) in [6.45, 7) is 7.11. The van der Waals surface area contributed by atoms with Gasteiger partial charge in [0.25, 0.3) is 0 Å². The summed E-state index contributed by atoms with van der Waals surface area (Å²) in [5.74, 6) is -9.20. The van der Waals surface area contributed by atoms with Crippen molar-refractivity contribution in [3.63, 3.8) is 0 Å².